The van der Waals surface area contributed by atoms with E-state index in [2.05, 4.69) is 116 Å². The van der Waals surface area contributed by atoms with Gasteiger partial charge in [0, 0.05) is 37.9 Å². The molecular formula is C40H30IrN2O-2. The first kappa shape index (κ1) is 29.4. The van der Waals surface area contributed by atoms with Gasteiger partial charge in [-0.25, -0.2) is 0 Å². The number of nitrogens with zero attached hydrogens (tertiary/aromatic N) is 2. The van der Waals surface area contributed by atoms with Crippen molar-refractivity contribution in [1.82, 2.24) is 9.97 Å². The summed E-state index contributed by atoms with van der Waals surface area (Å²) in [5.41, 5.74) is 7.08. The monoisotopic (exact) mass is 747 g/mol. The van der Waals surface area contributed by atoms with E-state index in [0.717, 1.165) is 44.5 Å². The maximum absolute atomic E-state index is 5.87. The van der Waals surface area contributed by atoms with Crippen molar-refractivity contribution in [3.05, 3.63) is 145 Å². The van der Waals surface area contributed by atoms with Crippen LogP contribution in [0.15, 0.2) is 132 Å². The van der Waals surface area contributed by atoms with Crippen LogP contribution in [0.4, 0.5) is 0 Å². The van der Waals surface area contributed by atoms with Crippen LogP contribution in [-0.2, 0) is 25.5 Å². The van der Waals surface area contributed by atoms with Crippen LogP contribution in [-0.4, -0.2) is 9.97 Å². The predicted octanol–water partition coefficient (Wildman–Crippen LogP) is 10.6. The minimum Gasteiger partial charge on any atom is -0.500 e. The molecule has 0 saturated heterocycles. The van der Waals surface area contributed by atoms with Crippen LogP contribution in [0, 0.1) is 12.1 Å². The zero-order valence-corrected chi connectivity index (χ0v) is 27.2. The molecular weight excluding hydrogens is 717 g/mol. The first-order valence-corrected chi connectivity index (χ1v) is 14.5. The molecule has 0 aliphatic rings. The van der Waals surface area contributed by atoms with E-state index in [9.17, 15) is 0 Å². The van der Waals surface area contributed by atoms with Gasteiger partial charge >= 0.3 is 0 Å². The number of furan rings is 1. The normalized spacial score (nSPS) is 11.3. The van der Waals surface area contributed by atoms with E-state index in [1.165, 1.54) is 27.1 Å². The second kappa shape index (κ2) is 12.2. The Kier molecular flexibility index (Phi) is 8.14. The molecule has 217 valence electrons. The number of rotatable bonds is 2. The van der Waals surface area contributed by atoms with Crippen molar-refractivity contribution in [3.8, 4) is 22.5 Å². The van der Waals surface area contributed by atoms with Gasteiger partial charge in [0.1, 0.15) is 5.58 Å². The summed E-state index contributed by atoms with van der Waals surface area (Å²) in [7, 11) is 0. The number of hydrogen-bond acceptors (Lipinski definition) is 3. The maximum atomic E-state index is 5.87. The van der Waals surface area contributed by atoms with E-state index in [1.54, 1.807) is 0 Å². The summed E-state index contributed by atoms with van der Waals surface area (Å²) in [6.07, 6.45) is 3.69. The molecule has 1 radical (unpaired) electrons. The standard InChI is InChI=1S/C21H18NO.C19H12N.Ir/c1-21(2,3)15-10-11-22-18(13-15)14-8-9-20-17(12-14)16-6-4-5-7-19(16)23-20;1-2-6-17-14(5-1)8-9-15-13-16(10-11-18(15)17)19-7-3-4-12-20-19;/h4-7,9-13H,1-3H3;1-9,11-13H;/q2*-1;. The van der Waals surface area contributed by atoms with Gasteiger partial charge in [-0.1, -0.05) is 110 Å². The number of pyridine rings is 2. The van der Waals surface area contributed by atoms with Gasteiger partial charge in [-0.2, -0.15) is 0 Å². The molecule has 8 aromatic rings. The fourth-order valence-electron chi connectivity index (χ4n) is 5.48. The Bertz CT molecular complexity index is 2230. The molecule has 3 nitrogen and oxygen atoms in total. The number of aromatic nitrogens is 2. The molecule has 0 N–H and O–H groups in total. The van der Waals surface area contributed by atoms with Gasteiger partial charge in [0.15, 0.2) is 0 Å². The summed E-state index contributed by atoms with van der Waals surface area (Å²) in [6, 6.07) is 46.0. The molecule has 5 aromatic carbocycles. The molecule has 0 atom stereocenters. The number of benzene rings is 5. The maximum Gasteiger partial charge on any atom is 0.120 e. The summed E-state index contributed by atoms with van der Waals surface area (Å²) < 4.78 is 5.87. The Labute approximate surface area is 271 Å². The summed E-state index contributed by atoms with van der Waals surface area (Å²) >= 11 is 0. The average molecular weight is 747 g/mol. The first-order chi connectivity index (χ1) is 20.9. The summed E-state index contributed by atoms with van der Waals surface area (Å²) in [6.45, 7) is 6.63. The molecule has 0 unspecified atom stereocenters. The molecule has 0 aliphatic carbocycles. The summed E-state index contributed by atoms with van der Waals surface area (Å²) in [5, 5.41) is 7.24. The Hall–Kier alpha value is -4.63. The van der Waals surface area contributed by atoms with Crippen LogP contribution >= 0.6 is 0 Å². The SMILES string of the molecule is CC(C)(C)c1ccnc(-c2[c-]cc3oc4ccccc4c3c2)c1.[Ir].[c-]1cc2c(ccc3ccccc32)cc1-c1ccccn1. The van der Waals surface area contributed by atoms with Gasteiger partial charge in [-0.15, -0.1) is 52.9 Å². The topological polar surface area (TPSA) is 38.9 Å². The smallest absolute Gasteiger partial charge is 0.120 e. The van der Waals surface area contributed by atoms with Crippen molar-refractivity contribution >= 4 is 43.5 Å². The van der Waals surface area contributed by atoms with Crippen molar-refractivity contribution in [1.29, 1.82) is 0 Å². The van der Waals surface area contributed by atoms with E-state index in [-0.39, 0.29) is 25.5 Å². The number of hydrogen-bond donors (Lipinski definition) is 0. The van der Waals surface area contributed by atoms with Gasteiger partial charge < -0.3 is 14.4 Å². The molecule has 0 fully saturated rings. The second-order valence-electron chi connectivity index (χ2n) is 11.8. The minimum atomic E-state index is 0. The fourth-order valence-corrected chi connectivity index (χ4v) is 5.48. The molecule has 0 amide bonds. The Morgan fingerprint density at radius 3 is 2.07 bits per heavy atom. The third kappa shape index (κ3) is 5.79. The zero-order valence-electron chi connectivity index (χ0n) is 24.8. The number of para-hydroxylation sites is 1. The van der Waals surface area contributed by atoms with Crippen LogP contribution in [0.5, 0.6) is 0 Å². The first-order valence-electron chi connectivity index (χ1n) is 14.5. The van der Waals surface area contributed by atoms with Crippen LogP contribution in [0.25, 0.3) is 66.0 Å². The average Bonchev–Trinajstić information content (AvgIpc) is 3.43. The molecule has 0 saturated carbocycles. The third-order valence-electron chi connectivity index (χ3n) is 7.83. The Morgan fingerprint density at radius 2 is 1.25 bits per heavy atom. The molecule has 0 bridgehead atoms. The van der Waals surface area contributed by atoms with Gasteiger partial charge in [0.2, 0.25) is 0 Å². The molecule has 8 rings (SSSR count). The Balaban J connectivity index is 0.000000154. The molecule has 0 aliphatic heterocycles. The minimum absolute atomic E-state index is 0. The van der Waals surface area contributed by atoms with Crippen molar-refractivity contribution in [3.63, 3.8) is 0 Å². The van der Waals surface area contributed by atoms with Crippen molar-refractivity contribution in [2.45, 2.75) is 26.2 Å². The van der Waals surface area contributed by atoms with E-state index in [1.807, 2.05) is 54.9 Å². The van der Waals surface area contributed by atoms with Gasteiger partial charge in [0.25, 0.3) is 0 Å². The quantitative estimate of drug-likeness (QED) is 0.131. The largest absolute Gasteiger partial charge is 0.500 e. The van der Waals surface area contributed by atoms with Crippen molar-refractivity contribution < 1.29 is 24.5 Å². The molecule has 3 heterocycles. The summed E-state index contributed by atoms with van der Waals surface area (Å²) in [5.74, 6) is 0. The Morgan fingerprint density at radius 1 is 0.545 bits per heavy atom. The predicted molar refractivity (Wildman–Crippen MR) is 178 cm³/mol. The van der Waals surface area contributed by atoms with E-state index < -0.39 is 0 Å². The molecule has 0 spiro atoms. The zero-order chi connectivity index (χ0) is 29.4. The van der Waals surface area contributed by atoms with E-state index in [0.29, 0.717) is 0 Å². The second-order valence-corrected chi connectivity index (χ2v) is 11.8. The summed E-state index contributed by atoms with van der Waals surface area (Å²) in [4.78, 5) is 8.92. The van der Waals surface area contributed by atoms with Crippen molar-refractivity contribution in [2.24, 2.45) is 0 Å². The van der Waals surface area contributed by atoms with Gasteiger partial charge in [0.05, 0.1) is 5.58 Å². The molecule has 44 heavy (non-hydrogen) atoms. The van der Waals surface area contributed by atoms with Crippen molar-refractivity contribution in [2.75, 3.05) is 0 Å². The van der Waals surface area contributed by atoms with Crippen LogP contribution < -0.4 is 0 Å². The van der Waals surface area contributed by atoms with Crippen LogP contribution in [0.2, 0.25) is 0 Å². The van der Waals surface area contributed by atoms with Gasteiger partial charge in [-0.05, 0) is 46.0 Å². The molecule has 3 aromatic heterocycles. The number of fused-ring (bicyclic) bond motifs is 6. The van der Waals surface area contributed by atoms with E-state index in [4.69, 9.17) is 4.42 Å². The van der Waals surface area contributed by atoms with E-state index >= 15 is 0 Å². The van der Waals surface area contributed by atoms with Gasteiger partial charge in [-0.3, -0.25) is 0 Å². The van der Waals surface area contributed by atoms with Crippen LogP contribution in [0.3, 0.4) is 0 Å². The fraction of sp³-hybridized carbons (Fsp3) is 0.100. The third-order valence-corrected chi connectivity index (χ3v) is 7.83. The molecule has 4 heteroatoms. The van der Waals surface area contributed by atoms with Crippen LogP contribution in [0.1, 0.15) is 26.3 Å².